The van der Waals surface area contributed by atoms with Gasteiger partial charge in [-0.2, -0.15) is 0 Å². The molecule has 2 nitrogen and oxygen atoms in total. The summed E-state index contributed by atoms with van der Waals surface area (Å²) in [5.74, 6) is 1.26. The molecule has 2 fully saturated rings. The van der Waals surface area contributed by atoms with E-state index in [0.29, 0.717) is 23.8 Å². The lowest BCUT2D eigenvalue weighted by Crippen LogP contribution is -2.40. The van der Waals surface area contributed by atoms with Crippen LogP contribution in [-0.4, -0.2) is 17.9 Å². The van der Waals surface area contributed by atoms with Crippen molar-refractivity contribution >= 4 is 5.78 Å². The van der Waals surface area contributed by atoms with Crippen LogP contribution in [0.15, 0.2) is 24.3 Å². The maximum Gasteiger partial charge on any atom is 0.166 e. The first-order valence-corrected chi connectivity index (χ1v) is 8.01. The van der Waals surface area contributed by atoms with Crippen molar-refractivity contribution in [2.45, 2.75) is 58.0 Å². The topological polar surface area (TPSA) is 29.1 Å². The number of hydrogen-bond acceptors (Lipinski definition) is 2. The molecule has 2 bridgehead atoms. The number of carbonyl (C=O) groups is 1. The van der Waals surface area contributed by atoms with Crippen molar-refractivity contribution in [1.29, 1.82) is 0 Å². The molecule has 1 aromatic rings. The van der Waals surface area contributed by atoms with Crippen LogP contribution in [0.25, 0.3) is 0 Å². The van der Waals surface area contributed by atoms with Gasteiger partial charge in [0.2, 0.25) is 0 Å². The van der Waals surface area contributed by atoms with E-state index in [1.54, 1.807) is 0 Å². The van der Waals surface area contributed by atoms with Crippen LogP contribution in [0.3, 0.4) is 0 Å². The summed E-state index contributed by atoms with van der Waals surface area (Å²) < 4.78 is 0. The molecule has 0 aromatic heterocycles. The lowest BCUT2D eigenvalue weighted by Gasteiger charge is -2.28. The van der Waals surface area contributed by atoms with Crippen molar-refractivity contribution in [3.8, 4) is 0 Å². The van der Waals surface area contributed by atoms with E-state index in [-0.39, 0.29) is 5.92 Å². The van der Waals surface area contributed by atoms with Gasteiger partial charge < -0.3 is 5.32 Å². The summed E-state index contributed by atoms with van der Waals surface area (Å²) >= 11 is 0. The van der Waals surface area contributed by atoms with Gasteiger partial charge in [-0.1, -0.05) is 38.1 Å². The first kappa shape index (κ1) is 13.8. The summed E-state index contributed by atoms with van der Waals surface area (Å²) in [5.41, 5.74) is 2.24. The summed E-state index contributed by atoms with van der Waals surface area (Å²) in [6, 6.07) is 9.49. The number of fused-ring (bicyclic) bond motifs is 2. The predicted molar refractivity (Wildman–Crippen MR) is 82.0 cm³/mol. The Labute approximate surface area is 122 Å². The second kappa shape index (κ2) is 5.69. The maximum absolute atomic E-state index is 12.6. The van der Waals surface area contributed by atoms with Crippen molar-refractivity contribution in [2.24, 2.45) is 11.8 Å². The molecule has 2 saturated heterocycles. The van der Waals surface area contributed by atoms with Crippen LogP contribution in [0.4, 0.5) is 0 Å². The average Bonchev–Trinajstić information content (AvgIpc) is 2.77. The van der Waals surface area contributed by atoms with Gasteiger partial charge in [0, 0.05) is 23.6 Å². The van der Waals surface area contributed by atoms with Crippen LogP contribution in [-0.2, 0) is 6.42 Å². The number of benzene rings is 1. The highest BCUT2D eigenvalue weighted by molar-refractivity contribution is 5.98. The fraction of sp³-hybridized carbons (Fsp3) is 0.611. The summed E-state index contributed by atoms with van der Waals surface area (Å²) in [7, 11) is 0. The molecule has 2 atom stereocenters. The van der Waals surface area contributed by atoms with Gasteiger partial charge in [-0.25, -0.2) is 0 Å². The Bertz CT molecular complexity index is 465. The summed E-state index contributed by atoms with van der Waals surface area (Å²) in [4.78, 5) is 12.6. The molecule has 0 aliphatic carbocycles. The minimum absolute atomic E-state index is 0.240. The number of nitrogens with one attached hydrogen (secondary N) is 1. The van der Waals surface area contributed by atoms with Crippen molar-refractivity contribution in [2.75, 3.05) is 0 Å². The van der Waals surface area contributed by atoms with Crippen LogP contribution in [0, 0.1) is 11.8 Å². The molecule has 1 aromatic carbocycles. The molecule has 2 aliphatic rings. The van der Waals surface area contributed by atoms with Gasteiger partial charge in [0.1, 0.15) is 0 Å². The predicted octanol–water partition coefficient (Wildman–Crippen LogP) is 3.60. The second-order valence-corrected chi connectivity index (χ2v) is 6.97. The highest BCUT2D eigenvalue weighted by Gasteiger charge is 2.36. The van der Waals surface area contributed by atoms with Crippen LogP contribution in [0.5, 0.6) is 0 Å². The van der Waals surface area contributed by atoms with Crippen LogP contribution < -0.4 is 5.32 Å². The normalized spacial score (nSPS) is 28.9. The molecule has 0 saturated carbocycles. The molecule has 2 aliphatic heterocycles. The number of hydrogen-bond donors (Lipinski definition) is 1. The zero-order chi connectivity index (χ0) is 14.1. The van der Waals surface area contributed by atoms with Gasteiger partial charge in [-0.05, 0) is 43.6 Å². The minimum atomic E-state index is 0.240. The van der Waals surface area contributed by atoms with Crippen molar-refractivity contribution in [3.05, 3.63) is 35.4 Å². The first-order valence-electron chi connectivity index (χ1n) is 8.01. The van der Waals surface area contributed by atoms with E-state index in [1.807, 2.05) is 12.1 Å². The summed E-state index contributed by atoms with van der Waals surface area (Å²) in [6.45, 7) is 4.45. The summed E-state index contributed by atoms with van der Waals surface area (Å²) in [5, 5.41) is 3.61. The zero-order valence-corrected chi connectivity index (χ0v) is 12.6. The molecule has 20 heavy (non-hydrogen) atoms. The van der Waals surface area contributed by atoms with Gasteiger partial charge >= 0.3 is 0 Å². The SMILES string of the molecule is CC(C)Cc1ccc(C(=O)C2CC3CCC(C2)N3)cc1. The Hall–Kier alpha value is -1.15. The number of piperidine rings is 1. The van der Waals surface area contributed by atoms with E-state index < -0.39 is 0 Å². The van der Waals surface area contributed by atoms with E-state index in [0.717, 1.165) is 24.8 Å². The van der Waals surface area contributed by atoms with Crippen LogP contribution >= 0.6 is 0 Å². The molecular formula is C18H25NO. The van der Waals surface area contributed by atoms with Gasteiger partial charge in [-0.3, -0.25) is 4.79 Å². The summed E-state index contributed by atoms with van der Waals surface area (Å²) in [6.07, 6.45) is 5.65. The molecule has 2 heterocycles. The number of rotatable bonds is 4. The molecule has 0 radical (unpaired) electrons. The smallest absolute Gasteiger partial charge is 0.166 e. The van der Waals surface area contributed by atoms with Gasteiger partial charge in [0.05, 0.1) is 0 Å². The Morgan fingerprint density at radius 2 is 1.75 bits per heavy atom. The van der Waals surface area contributed by atoms with Gasteiger partial charge in [0.25, 0.3) is 0 Å². The van der Waals surface area contributed by atoms with E-state index in [9.17, 15) is 4.79 Å². The van der Waals surface area contributed by atoms with Crippen molar-refractivity contribution < 1.29 is 4.79 Å². The fourth-order valence-electron chi connectivity index (χ4n) is 3.78. The van der Waals surface area contributed by atoms with E-state index in [4.69, 9.17) is 0 Å². The van der Waals surface area contributed by atoms with Gasteiger partial charge in [-0.15, -0.1) is 0 Å². The molecular weight excluding hydrogens is 246 g/mol. The van der Waals surface area contributed by atoms with Crippen LogP contribution in [0.1, 0.15) is 55.5 Å². The Morgan fingerprint density at radius 3 is 2.30 bits per heavy atom. The Balaban J connectivity index is 1.67. The quantitative estimate of drug-likeness (QED) is 0.848. The monoisotopic (exact) mass is 271 g/mol. The third-order valence-corrected chi connectivity index (χ3v) is 4.73. The maximum atomic E-state index is 12.6. The minimum Gasteiger partial charge on any atom is -0.311 e. The third-order valence-electron chi connectivity index (χ3n) is 4.73. The van der Waals surface area contributed by atoms with Crippen molar-refractivity contribution in [1.82, 2.24) is 5.32 Å². The van der Waals surface area contributed by atoms with E-state index in [2.05, 4.69) is 31.3 Å². The first-order chi connectivity index (χ1) is 9.61. The van der Waals surface area contributed by atoms with E-state index in [1.165, 1.54) is 18.4 Å². The number of Topliss-reactive ketones (excluding diaryl/α,β-unsaturated/α-hetero) is 1. The molecule has 2 heteroatoms. The lowest BCUT2D eigenvalue weighted by molar-refractivity contribution is 0.0875. The zero-order valence-electron chi connectivity index (χ0n) is 12.6. The largest absolute Gasteiger partial charge is 0.311 e. The second-order valence-electron chi connectivity index (χ2n) is 6.97. The molecule has 2 unspecified atom stereocenters. The Morgan fingerprint density at radius 1 is 1.15 bits per heavy atom. The standard InChI is InChI=1S/C18H25NO/c1-12(2)9-13-3-5-14(6-4-13)18(20)15-10-16-7-8-17(11-15)19-16/h3-6,12,15-17,19H,7-11H2,1-2H3. The highest BCUT2D eigenvalue weighted by Crippen LogP contribution is 2.32. The van der Waals surface area contributed by atoms with E-state index >= 15 is 0 Å². The molecule has 0 spiro atoms. The third kappa shape index (κ3) is 2.95. The number of ketones is 1. The average molecular weight is 271 g/mol. The fourth-order valence-corrected chi connectivity index (χ4v) is 3.78. The van der Waals surface area contributed by atoms with Gasteiger partial charge in [0.15, 0.2) is 5.78 Å². The lowest BCUT2D eigenvalue weighted by atomic mass is 9.85. The molecule has 0 amide bonds. The van der Waals surface area contributed by atoms with Crippen molar-refractivity contribution in [3.63, 3.8) is 0 Å². The molecule has 3 rings (SSSR count). The van der Waals surface area contributed by atoms with Crippen LogP contribution in [0.2, 0.25) is 0 Å². The number of carbonyl (C=O) groups excluding carboxylic acids is 1. The molecule has 1 N–H and O–H groups in total. The Kier molecular flexibility index (Phi) is 3.93. The highest BCUT2D eigenvalue weighted by atomic mass is 16.1. The molecule has 108 valence electrons.